The highest BCUT2D eigenvalue weighted by atomic mass is 35.5. The summed E-state index contributed by atoms with van der Waals surface area (Å²) in [5.74, 6) is 0.689. The van der Waals surface area contributed by atoms with Gasteiger partial charge in [0.05, 0.1) is 29.0 Å². The zero-order valence-electron chi connectivity index (χ0n) is 16.5. The summed E-state index contributed by atoms with van der Waals surface area (Å²) in [7, 11) is 1.37. The number of carbonyl (C=O) groups is 1. The van der Waals surface area contributed by atoms with Crippen LogP contribution in [0.5, 0.6) is 5.75 Å². The lowest BCUT2D eigenvalue weighted by Crippen LogP contribution is -2.21. The first kappa shape index (κ1) is 20.4. The van der Waals surface area contributed by atoms with Gasteiger partial charge >= 0.3 is 5.69 Å². The van der Waals surface area contributed by atoms with Crippen LogP contribution in [-0.4, -0.2) is 23.7 Å². The number of nitro benzene ring substituents is 1. The number of rotatable bonds is 5. The second-order valence-corrected chi connectivity index (χ2v) is 7.12. The molecule has 0 aliphatic carbocycles. The fourth-order valence-electron chi connectivity index (χ4n) is 3.18. The Bertz CT molecular complexity index is 1260. The minimum atomic E-state index is -0.518. The molecule has 1 amide bonds. The fourth-order valence-corrected chi connectivity index (χ4v) is 3.37. The Morgan fingerprint density at radius 3 is 2.71 bits per heavy atom. The van der Waals surface area contributed by atoms with E-state index in [2.05, 4.69) is 5.10 Å². The third kappa shape index (κ3) is 3.93. The van der Waals surface area contributed by atoms with E-state index in [-0.39, 0.29) is 17.3 Å². The largest absolute Gasteiger partial charge is 0.490 e. The Kier molecular flexibility index (Phi) is 5.31. The molecule has 1 aliphatic rings. The van der Waals surface area contributed by atoms with Gasteiger partial charge in [-0.15, -0.1) is 0 Å². The molecule has 0 unspecified atom stereocenters. The zero-order valence-corrected chi connectivity index (χ0v) is 17.3. The van der Waals surface area contributed by atoms with Gasteiger partial charge in [0.2, 0.25) is 0 Å². The third-order valence-electron chi connectivity index (χ3n) is 4.69. The minimum Gasteiger partial charge on any atom is -0.490 e. The van der Waals surface area contributed by atoms with E-state index < -0.39 is 4.92 Å². The highest BCUT2D eigenvalue weighted by Crippen LogP contribution is 2.33. The molecule has 0 saturated heterocycles. The van der Waals surface area contributed by atoms with Crippen LogP contribution in [0.2, 0.25) is 5.02 Å². The average Bonchev–Trinajstić information content (AvgIpc) is 3.33. The standard InChI is InChI=1S/C22H16ClN3O5/c1-13-18(22(27)25(24-13)16-5-3-4-15(23)11-16)12-17-7-9-20(31-17)14-6-8-21(30-2)19(10-14)26(28)29/h3-12H,1-2H3. The van der Waals surface area contributed by atoms with Crippen molar-refractivity contribution in [3.8, 4) is 17.1 Å². The molecule has 0 spiro atoms. The molecule has 2 heterocycles. The van der Waals surface area contributed by atoms with Gasteiger partial charge < -0.3 is 9.15 Å². The van der Waals surface area contributed by atoms with Gasteiger partial charge in [0.25, 0.3) is 5.91 Å². The van der Waals surface area contributed by atoms with Crippen LogP contribution in [0, 0.1) is 10.1 Å². The van der Waals surface area contributed by atoms with Crippen LogP contribution in [0.1, 0.15) is 12.7 Å². The molecule has 4 rings (SSSR count). The van der Waals surface area contributed by atoms with Gasteiger partial charge in [0.15, 0.2) is 5.75 Å². The lowest BCUT2D eigenvalue weighted by molar-refractivity contribution is -0.385. The quantitative estimate of drug-likeness (QED) is 0.305. The van der Waals surface area contributed by atoms with Crippen molar-refractivity contribution in [3.05, 3.63) is 81.1 Å². The van der Waals surface area contributed by atoms with Crippen molar-refractivity contribution in [3.63, 3.8) is 0 Å². The topological polar surface area (TPSA) is 98.2 Å². The van der Waals surface area contributed by atoms with Crippen LogP contribution in [0.4, 0.5) is 11.4 Å². The molecule has 2 aromatic carbocycles. The average molecular weight is 438 g/mol. The normalized spacial score (nSPS) is 14.8. The summed E-state index contributed by atoms with van der Waals surface area (Å²) >= 11 is 6.02. The molecule has 1 aromatic heterocycles. The smallest absolute Gasteiger partial charge is 0.311 e. The first-order chi connectivity index (χ1) is 14.9. The van der Waals surface area contributed by atoms with Crippen LogP contribution >= 0.6 is 11.6 Å². The van der Waals surface area contributed by atoms with Crippen molar-refractivity contribution >= 4 is 40.7 Å². The van der Waals surface area contributed by atoms with Crippen molar-refractivity contribution in [1.29, 1.82) is 0 Å². The van der Waals surface area contributed by atoms with Gasteiger partial charge in [0, 0.05) is 16.7 Å². The number of amides is 1. The van der Waals surface area contributed by atoms with E-state index >= 15 is 0 Å². The maximum atomic E-state index is 12.9. The lowest BCUT2D eigenvalue weighted by Gasteiger charge is -2.11. The number of benzene rings is 2. The number of halogens is 1. The molecular weight excluding hydrogens is 422 g/mol. The molecule has 3 aromatic rings. The monoisotopic (exact) mass is 437 g/mol. The SMILES string of the molecule is COc1ccc(-c2ccc(C=C3C(=O)N(c4cccc(Cl)c4)N=C3C)o2)cc1[N+](=O)[O-]. The first-order valence-corrected chi connectivity index (χ1v) is 9.55. The molecule has 1 aliphatic heterocycles. The number of hydrogen-bond acceptors (Lipinski definition) is 6. The van der Waals surface area contributed by atoms with Crippen molar-refractivity contribution in [2.24, 2.45) is 5.10 Å². The molecule has 9 heteroatoms. The number of hydrazone groups is 1. The van der Waals surface area contributed by atoms with Crippen LogP contribution < -0.4 is 9.75 Å². The van der Waals surface area contributed by atoms with E-state index in [4.69, 9.17) is 20.8 Å². The summed E-state index contributed by atoms with van der Waals surface area (Å²) in [6.45, 7) is 1.73. The van der Waals surface area contributed by atoms with Crippen molar-refractivity contribution < 1.29 is 18.9 Å². The van der Waals surface area contributed by atoms with Gasteiger partial charge in [-0.2, -0.15) is 10.1 Å². The van der Waals surface area contributed by atoms with Gasteiger partial charge in [-0.1, -0.05) is 17.7 Å². The second kappa shape index (κ2) is 8.08. The number of nitrogens with zero attached hydrogens (tertiary/aromatic N) is 3. The Morgan fingerprint density at radius 2 is 2.00 bits per heavy atom. The Labute approximate surface area is 182 Å². The van der Waals surface area contributed by atoms with E-state index in [9.17, 15) is 14.9 Å². The van der Waals surface area contributed by atoms with Gasteiger partial charge in [-0.05, 0) is 55.5 Å². The molecule has 0 N–H and O–H groups in total. The highest BCUT2D eigenvalue weighted by molar-refractivity contribution is 6.33. The minimum absolute atomic E-state index is 0.159. The molecule has 0 bridgehead atoms. The fraction of sp³-hybridized carbons (Fsp3) is 0.0909. The van der Waals surface area contributed by atoms with Crippen LogP contribution in [0.15, 0.2) is 69.7 Å². The summed E-state index contributed by atoms with van der Waals surface area (Å²) < 4.78 is 10.8. The molecule has 31 heavy (non-hydrogen) atoms. The van der Waals surface area contributed by atoms with E-state index in [0.717, 1.165) is 0 Å². The van der Waals surface area contributed by atoms with Crippen molar-refractivity contribution in [2.45, 2.75) is 6.92 Å². The summed E-state index contributed by atoms with van der Waals surface area (Å²) in [6, 6.07) is 14.8. The Balaban J connectivity index is 1.63. The molecular formula is C22H16ClN3O5. The number of carbonyl (C=O) groups excluding carboxylic acids is 1. The molecule has 0 fully saturated rings. The molecule has 8 nitrogen and oxygen atoms in total. The molecule has 0 atom stereocenters. The lowest BCUT2D eigenvalue weighted by atomic mass is 10.1. The number of methoxy groups -OCH3 is 1. The first-order valence-electron chi connectivity index (χ1n) is 9.17. The maximum Gasteiger partial charge on any atom is 0.311 e. The summed E-state index contributed by atoms with van der Waals surface area (Å²) in [5, 5.41) is 17.4. The summed E-state index contributed by atoms with van der Waals surface area (Å²) in [4.78, 5) is 23.6. The van der Waals surface area contributed by atoms with E-state index in [0.29, 0.717) is 39.1 Å². The predicted octanol–water partition coefficient (Wildman–Crippen LogP) is 5.32. The molecule has 156 valence electrons. The Hall–Kier alpha value is -3.91. The van der Waals surface area contributed by atoms with E-state index in [1.54, 1.807) is 55.5 Å². The van der Waals surface area contributed by atoms with Crippen LogP contribution in [0.25, 0.3) is 17.4 Å². The van der Waals surface area contributed by atoms with Crippen LogP contribution in [0.3, 0.4) is 0 Å². The predicted molar refractivity (Wildman–Crippen MR) is 117 cm³/mol. The number of ether oxygens (including phenoxy) is 1. The number of anilines is 1. The van der Waals surface area contributed by atoms with E-state index in [1.807, 2.05) is 0 Å². The van der Waals surface area contributed by atoms with Gasteiger partial charge in [-0.25, -0.2) is 0 Å². The van der Waals surface area contributed by atoms with Gasteiger partial charge in [0.1, 0.15) is 11.5 Å². The van der Waals surface area contributed by atoms with Gasteiger partial charge in [-0.3, -0.25) is 14.9 Å². The number of nitro groups is 1. The zero-order chi connectivity index (χ0) is 22.1. The molecule has 0 radical (unpaired) electrons. The highest BCUT2D eigenvalue weighted by Gasteiger charge is 2.29. The number of furan rings is 1. The summed E-state index contributed by atoms with van der Waals surface area (Å²) in [6.07, 6.45) is 1.59. The van der Waals surface area contributed by atoms with Crippen molar-refractivity contribution in [1.82, 2.24) is 0 Å². The summed E-state index contributed by atoms with van der Waals surface area (Å²) in [5.41, 5.74) is 1.82. The maximum absolute atomic E-state index is 12.9. The van der Waals surface area contributed by atoms with E-state index in [1.165, 1.54) is 24.3 Å². The Morgan fingerprint density at radius 1 is 1.19 bits per heavy atom. The van der Waals surface area contributed by atoms with Crippen LogP contribution in [-0.2, 0) is 4.79 Å². The number of hydrogen-bond donors (Lipinski definition) is 0. The third-order valence-corrected chi connectivity index (χ3v) is 4.92. The second-order valence-electron chi connectivity index (χ2n) is 6.69. The molecule has 0 saturated carbocycles. The van der Waals surface area contributed by atoms with Crippen molar-refractivity contribution in [2.75, 3.05) is 12.1 Å².